The highest BCUT2D eigenvalue weighted by Crippen LogP contribution is 2.35. The first-order valence-corrected chi connectivity index (χ1v) is 4.92. The molecule has 90 valence electrons. The van der Waals surface area contributed by atoms with Crippen LogP contribution in [0.2, 0.25) is 0 Å². The molecule has 0 aromatic heterocycles. The number of rotatable bonds is 5. The van der Waals surface area contributed by atoms with Gasteiger partial charge < -0.3 is 25.4 Å². The Bertz CT molecular complexity index is 321. The van der Waals surface area contributed by atoms with Gasteiger partial charge in [-0.05, 0) is 12.1 Å². The van der Waals surface area contributed by atoms with Gasteiger partial charge in [0.2, 0.25) is 0 Å². The molecule has 0 saturated carbocycles. The Kier molecular flexibility index (Phi) is 4.54. The predicted molar refractivity (Wildman–Crippen MR) is 59.6 cm³/mol. The molecule has 0 spiro atoms. The number of aliphatic hydroxyl groups excluding tert-OH is 2. The summed E-state index contributed by atoms with van der Waals surface area (Å²) in [6, 6.07) is 5.11. The van der Waals surface area contributed by atoms with Crippen LogP contribution in [0.25, 0.3) is 0 Å². The minimum atomic E-state index is -1.13. The van der Waals surface area contributed by atoms with Crippen molar-refractivity contribution in [3.05, 3.63) is 23.8 Å². The third kappa shape index (κ3) is 2.44. The molecule has 0 heterocycles. The van der Waals surface area contributed by atoms with Crippen molar-refractivity contribution in [2.24, 2.45) is 5.73 Å². The fourth-order valence-corrected chi connectivity index (χ4v) is 1.49. The largest absolute Gasteiger partial charge is 0.496 e. The fourth-order valence-electron chi connectivity index (χ4n) is 1.49. The van der Waals surface area contributed by atoms with Crippen LogP contribution in [0, 0.1) is 0 Å². The van der Waals surface area contributed by atoms with Crippen LogP contribution in [0.15, 0.2) is 18.2 Å². The first-order chi connectivity index (χ1) is 7.65. The van der Waals surface area contributed by atoms with E-state index in [0.717, 1.165) is 0 Å². The van der Waals surface area contributed by atoms with E-state index < -0.39 is 12.2 Å². The summed E-state index contributed by atoms with van der Waals surface area (Å²) in [6.07, 6.45) is -2.18. The van der Waals surface area contributed by atoms with Gasteiger partial charge in [0.25, 0.3) is 0 Å². The van der Waals surface area contributed by atoms with E-state index in [1.807, 2.05) is 0 Å². The molecule has 0 saturated heterocycles. The van der Waals surface area contributed by atoms with Crippen LogP contribution in [0.5, 0.6) is 11.5 Å². The third-order valence-electron chi connectivity index (χ3n) is 2.37. The van der Waals surface area contributed by atoms with Crippen molar-refractivity contribution in [1.29, 1.82) is 0 Å². The first-order valence-electron chi connectivity index (χ1n) is 4.92. The number of nitrogens with two attached hydrogens (primary N) is 1. The molecule has 5 nitrogen and oxygen atoms in total. The third-order valence-corrected chi connectivity index (χ3v) is 2.37. The van der Waals surface area contributed by atoms with E-state index in [9.17, 15) is 10.2 Å². The van der Waals surface area contributed by atoms with Gasteiger partial charge >= 0.3 is 0 Å². The zero-order valence-corrected chi connectivity index (χ0v) is 9.38. The van der Waals surface area contributed by atoms with Crippen molar-refractivity contribution >= 4 is 0 Å². The number of aliphatic hydroxyl groups is 2. The lowest BCUT2D eigenvalue weighted by Crippen LogP contribution is -2.27. The zero-order chi connectivity index (χ0) is 12.1. The van der Waals surface area contributed by atoms with Gasteiger partial charge in [0.1, 0.15) is 17.6 Å². The minimum Gasteiger partial charge on any atom is -0.496 e. The van der Waals surface area contributed by atoms with Gasteiger partial charge in [0.15, 0.2) is 0 Å². The van der Waals surface area contributed by atoms with Crippen LogP contribution >= 0.6 is 0 Å². The van der Waals surface area contributed by atoms with E-state index in [2.05, 4.69) is 0 Å². The Labute approximate surface area is 94.4 Å². The van der Waals surface area contributed by atoms with Gasteiger partial charge in [-0.15, -0.1) is 0 Å². The molecule has 1 aromatic carbocycles. The van der Waals surface area contributed by atoms with E-state index in [1.165, 1.54) is 14.2 Å². The van der Waals surface area contributed by atoms with Gasteiger partial charge in [0.05, 0.1) is 25.9 Å². The maximum absolute atomic E-state index is 9.92. The highest BCUT2D eigenvalue weighted by molar-refractivity contribution is 5.46. The summed E-state index contributed by atoms with van der Waals surface area (Å²) in [4.78, 5) is 0. The highest BCUT2D eigenvalue weighted by atomic mass is 16.5. The Morgan fingerprint density at radius 3 is 2.06 bits per heavy atom. The molecule has 0 radical (unpaired) electrons. The van der Waals surface area contributed by atoms with E-state index in [-0.39, 0.29) is 6.54 Å². The molecule has 2 atom stereocenters. The van der Waals surface area contributed by atoms with Crippen LogP contribution in [-0.2, 0) is 0 Å². The maximum atomic E-state index is 9.92. The normalized spacial score (nSPS) is 14.3. The van der Waals surface area contributed by atoms with Crippen LogP contribution < -0.4 is 15.2 Å². The predicted octanol–water partition coefficient (Wildman–Crippen LogP) is 0.0568. The van der Waals surface area contributed by atoms with Gasteiger partial charge in [0, 0.05) is 6.54 Å². The topological polar surface area (TPSA) is 84.9 Å². The fraction of sp³-hybridized carbons (Fsp3) is 0.455. The second kappa shape index (κ2) is 5.69. The molecule has 4 N–H and O–H groups in total. The SMILES string of the molecule is COc1cccc(OC)c1C(O)C(O)CN. The molecule has 0 amide bonds. The van der Waals surface area contributed by atoms with Crippen molar-refractivity contribution in [3.63, 3.8) is 0 Å². The Balaban J connectivity index is 3.17. The zero-order valence-electron chi connectivity index (χ0n) is 9.38. The van der Waals surface area contributed by atoms with Crippen molar-refractivity contribution in [1.82, 2.24) is 0 Å². The van der Waals surface area contributed by atoms with E-state index in [1.54, 1.807) is 18.2 Å². The number of hydrogen-bond donors (Lipinski definition) is 3. The van der Waals surface area contributed by atoms with E-state index in [4.69, 9.17) is 15.2 Å². The average molecular weight is 227 g/mol. The minimum absolute atomic E-state index is 0.0393. The molecule has 5 heteroatoms. The van der Waals surface area contributed by atoms with E-state index >= 15 is 0 Å². The van der Waals surface area contributed by atoms with Crippen molar-refractivity contribution in [3.8, 4) is 11.5 Å². The lowest BCUT2D eigenvalue weighted by Gasteiger charge is -2.21. The Morgan fingerprint density at radius 1 is 1.19 bits per heavy atom. The molecule has 0 fully saturated rings. The Morgan fingerprint density at radius 2 is 1.69 bits per heavy atom. The molecule has 0 aliphatic carbocycles. The Hall–Kier alpha value is -1.30. The molecular weight excluding hydrogens is 210 g/mol. The quantitative estimate of drug-likeness (QED) is 0.662. The molecule has 16 heavy (non-hydrogen) atoms. The van der Waals surface area contributed by atoms with Crippen LogP contribution in [-0.4, -0.2) is 37.1 Å². The van der Waals surface area contributed by atoms with Gasteiger partial charge in [-0.25, -0.2) is 0 Å². The average Bonchev–Trinajstić information content (AvgIpc) is 2.35. The summed E-state index contributed by atoms with van der Waals surface area (Å²) >= 11 is 0. The molecule has 0 aliphatic heterocycles. The summed E-state index contributed by atoms with van der Waals surface area (Å²) in [7, 11) is 2.97. The molecule has 0 bridgehead atoms. The number of benzene rings is 1. The van der Waals surface area contributed by atoms with E-state index in [0.29, 0.717) is 17.1 Å². The number of ether oxygens (including phenoxy) is 2. The lowest BCUT2D eigenvalue weighted by atomic mass is 10.0. The van der Waals surface area contributed by atoms with Gasteiger partial charge in [-0.2, -0.15) is 0 Å². The van der Waals surface area contributed by atoms with Crippen molar-refractivity contribution in [2.45, 2.75) is 12.2 Å². The molecule has 1 rings (SSSR count). The highest BCUT2D eigenvalue weighted by Gasteiger charge is 2.24. The summed E-state index contributed by atoms with van der Waals surface area (Å²) in [5, 5.41) is 19.5. The molecule has 2 unspecified atom stereocenters. The standard InChI is InChI=1S/C11H17NO4/c1-15-8-4-3-5-9(16-2)10(8)11(14)7(13)6-12/h3-5,7,11,13-14H,6,12H2,1-2H3. The van der Waals surface area contributed by atoms with Crippen molar-refractivity contribution in [2.75, 3.05) is 20.8 Å². The summed E-state index contributed by atoms with van der Waals surface area (Å²) in [5.74, 6) is 0.915. The molecular formula is C11H17NO4. The van der Waals surface area contributed by atoms with Crippen LogP contribution in [0.3, 0.4) is 0 Å². The molecule has 1 aromatic rings. The second-order valence-corrected chi connectivity index (χ2v) is 3.32. The summed E-state index contributed by atoms with van der Waals surface area (Å²) in [5.41, 5.74) is 5.71. The molecule has 0 aliphatic rings. The van der Waals surface area contributed by atoms with Gasteiger partial charge in [-0.3, -0.25) is 0 Å². The first kappa shape index (κ1) is 12.8. The summed E-state index contributed by atoms with van der Waals surface area (Å²) in [6.45, 7) is -0.0393. The van der Waals surface area contributed by atoms with Crippen LogP contribution in [0.4, 0.5) is 0 Å². The maximum Gasteiger partial charge on any atom is 0.128 e. The van der Waals surface area contributed by atoms with Gasteiger partial charge in [-0.1, -0.05) is 6.07 Å². The number of hydrogen-bond acceptors (Lipinski definition) is 5. The smallest absolute Gasteiger partial charge is 0.128 e. The summed E-state index contributed by atoms with van der Waals surface area (Å²) < 4.78 is 10.2. The van der Waals surface area contributed by atoms with Crippen molar-refractivity contribution < 1.29 is 19.7 Å². The van der Waals surface area contributed by atoms with Crippen LogP contribution in [0.1, 0.15) is 11.7 Å². The number of methoxy groups -OCH3 is 2. The lowest BCUT2D eigenvalue weighted by molar-refractivity contribution is 0.0214. The monoisotopic (exact) mass is 227 g/mol. The second-order valence-electron chi connectivity index (χ2n) is 3.32.